The van der Waals surface area contributed by atoms with Gasteiger partial charge in [0.15, 0.2) is 0 Å². The quantitative estimate of drug-likeness (QED) is 0.736. The van der Waals surface area contributed by atoms with Crippen molar-refractivity contribution in [2.45, 2.75) is 6.54 Å². The number of nitrogens with zero attached hydrogens (tertiary/aromatic N) is 4. The first kappa shape index (κ1) is 17.4. The maximum absolute atomic E-state index is 5.71. The minimum Gasteiger partial charge on any atom is -0.365 e. The summed E-state index contributed by atoms with van der Waals surface area (Å²) in [7, 11) is 0. The summed E-state index contributed by atoms with van der Waals surface area (Å²) < 4.78 is 0. The van der Waals surface area contributed by atoms with E-state index in [0.717, 1.165) is 6.54 Å². The first-order chi connectivity index (χ1) is 11.1. The van der Waals surface area contributed by atoms with E-state index >= 15 is 0 Å². The first-order valence-electron chi connectivity index (χ1n) is 6.52. The highest BCUT2D eigenvalue weighted by Gasteiger charge is 1.96. The van der Waals surface area contributed by atoms with Gasteiger partial charge in [-0.2, -0.15) is 0 Å². The maximum atomic E-state index is 5.71. The van der Waals surface area contributed by atoms with Crippen molar-refractivity contribution in [2.75, 3.05) is 5.32 Å². The molecule has 2 heterocycles. The van der Waals surface area contributed by atoms with Crippen LogP contribution in [0.1, 0.15) is 5.56 Å². The second kappa shape index (κ2) is 9.25. The van der Waals surface area contributed by atoms with Gasteiger partial charge in [0, 0.05) is 6.54 Å². The molecule has 8 heteroatoms. The molecular formula is C15H12Cl3N5. The van der Waals surface area contributed by atoms with Gasteiger partial charge in [-0.15, -0.1) is 0 Å². The van der Waals surface area contributed by atoms with Crippen molar-refractivity contribution >= 4 is 40.6 Å². The Balaban J connectivity index is 0.000000203. The molecule has 0 saturated carbocycles. The monoisotopic (exact) mass is 367 g/mol. The Bertz CT molecular complexity index is 723. The van der Waals surface area contributed by atoms with E-state index in [2.05, 4.69) is 25.3 Å². The van der Waals surface area contributed by atoms with Gasteiger partial charge in [0.25, 0.3) is 0 Å². The summed E-state index contributed by atoms with van der Waals surface area (Å²) in [5.41, 5.74) is 1.19. The zero-order valence-electron chi connectivity index (χ0n) is 11.8. The van der Waals surface area contributed by atoms with Crippen LogP contribution in [0.5, 0.6) is 0 Å². The van der Waals surface area contributed by atoms with E-state index in [1.54, 1.807) is 6.20 Å². The van der Waals surface area contributed by atoms with E-state index in [1.165, 1.54) is 24.2 Å². The SMILES string of the molecule is Clc1cncc(Cl)n1.Clc1cncc(NCc2ccccc2)n1. The predicted octanol–water partition coefficient (Wildman–Crippen LogP) is 4.53. The van der Waals surface area contributed by atoms with Crippen molar-refractivity contribution in [1.82, 2.24) is 19.9 Å². The average Bonchev–Trinajstić information content (AvgIpc) is 2.54. The molecule has 0 aliphatic carbocycles. The number of anilines is 1. The Hall–Kier alpha value is -1.95. The number of rotatable bonds is 3. The number of halogens is 3. The molecule has 0 aliphatic rings. The number of hydrogen-bond donors (Lipinski definition) is 1. The third-order valence-corrected chi connectivity index (χ3v) is 3.04. The first-order valence-corrected chi connectivity index (χ1v) is 7.65. The Morgan fingerprint density at radius 1 is 0.739 bits per heavy atom. The summed E-state index contributed by atoms with van der Waals surface area (Å²) >= 11 is 16.5. The van der Waals surface area contributed by atoms with Gasteiger partial charge in [-0.3, -0.25) is 9.97 Å². The normalized spacial score (nSPS) is 9.70. The smallest absolute Gasteiger partial charge is 0.149 e. The highest BCUT2D eigenvalue weighted by atomic mass is 35.5. The van der Waals surface area contributed by atoms with Gasteiger partial charge in [-0.25, -0.2) is 9.97 Å². The highest BCUT2D eigenvalue weighted by Crippen LogP contribution is 2.08. The third-order valence-electron chi connectivity index (χ3n) is 2.50. The predicted molar refractivity (Wildman–Crippen MR) is 92.9 cm³/mol. The molecule has 0 fully saturated rings. The van der Waals surface area contributed by atoms with Crippen molar-refractivity contribution in [3.05, 3.63) is 76.1 Å². The van der Waals surface area contributed by atoms with Gasteiger partial charge in [0.2, 0.25) is 0 Å². The van der Waals surface area contributed by atoms with E-state index < -0.39 is 0 Å². The molecule has 2 aromatic heterocycles. The molecule has 23 heavy (non-hydrogen) atoms. The van der Waals surface area contributed by atoms with Crippen molar-refractivity contribution in [3.63, 3.8) is 0 Å². The summed E-state index contributed by atoms with van der Waals surface area (Å²) in [6.45, 7) is 0.718. The molecule has 0 unspecified atom stereocenters. The van der Waals surface area contributed by atoms with Crippen molar-refractivity contribution in [1.29, 1.82) is 0 Å². The lowest BCUT2D eigenvalue weighted by molar-refractivity contribution is 1.09. The van der Waals surface area contributed by atoms with Gasteiger partial charge in [0.05, 0.1) is 24.8 Å². The zero-order valence-corrected chi connectivity index (χ0v) is 14.1. The van der Waals surface area contributed by atoms with Gasteiger partial charge in [-0.1, -0.05) is 65.1 Å². The van der Waals surface area contributed by atoms with E-state index in [0.29, 0.717) is 21.3 Å². The number of hydrogen-bond acceptors (Lipinski definition) is 5. The minimum atomic E-state index is 0.317. The fourth-order valence-electron chi connectivity index (χ4n) is 1.54. The van der Waals surface area contributed by atoms with Crippen LogP contribution in [0.2, 0.25) is 15.5 Å². The van der Waals surface area contributed by atoms with Crippen LogP contribution in [0.4, 0.5) is 5.82 Å². The Morgan fingerprint density at radius 3 is 1.83 bits per heavy atom. The van der Waals surface area contributed by atoms with Crippen LogP contribution in [0.25, 0.3) is 0 Å². The van der Waals surface area contributed by atoms with E-state index in [1.807, 2.05) is 30.3 Å². The van der Waals surface area contributed by atoms with Crippen molar-refractivity contribution < 1.29 is 0 Å². The number of aromatic nitrogens is 4. The summed E-state index contributed by atoms with van der Waals surface area (Å²) in [5.74, 6) is 0.686. The standard InChI is InChI=1S/C11H10ClN3.C4H2Cl2N2/c12-10-7-13-8-11(15-10)14-6-9-4-2-1-3-5-9;5-3-1-7-2-4(6)8-3/h1-5,7-8H,6H2,(H,14,15);1-2H. The molecule has 3 rings (SSSR count). The average molecular weight is 369 g/mol. The van der Waals surface area contributed by atoms with Crippen molar-refractivity contribution in [3.8, 4) is 0 Å². The second-order valence-electron chi connectivity index (χ2n) is 4.23. The van der Waals surface area contributed by atoms with Crippen molar-refractivity contribution in [2.24, 2.45) is 0 Å². The maximum Gasteiger partial charge on any atom is 0.149 e. The lowest BCUT2D eigenvalue weighted by atomic mass is 10.2. The largest absolute Gasteiger partial charge is 0.365 e. The van der Waals surface area contributed by atoms with Crippen LogP contribution < -0.4 is 5.32 Å². The van der Waals surface area contributed by atoms with Gasteiger partial charge < -0.3 is 5.32 Å². The summed E-state index contributed by atoms with van der Waals surface area (Å²) in [6.07, 6.45) is 6.00. The van der Waals surface area contributed by atoms with Crippen LogP contribution >= 0.6 is 34.8 Å². The van der Waals surface area contributed by atoms with Crippen LogP contribution in [0.3, 0.4) is 0 Å². The van der Waals surface area contributed by atoms with Crippen LogP contribution in [-0.2, 0) is 6.54 Å². The fraction of sp³-hybridized carbons (Fsp3) is 0.0667. The molecule has 0 atom stereocenters. The molecule has 0 aliphatic heterocycles. The van der Waals surface area contributed by atoms with Crippen LogP contribution in [-0.4, -0.2) is 19.9 Å². The molecule has 0 saturated heterocycles. The number of benzene rings is 1. The topological polar surface area (TPSA) is 63.6 Å². The molecule has 0 amide bonds. The van der Waals surface area contributed by atoms with Crippen LogP contribution in [0.15, 0.2) is 55.1 Å². The zero-order chi connectivity index (χ0) is 16.5. The lowest BCUT2D eigenvalue weighted by Crippen LogP contribution is -2.01. The fourth-order valence-corrected chi connectivity index (χ4v) is 2.02. The molecule has 118 valence electrons. The Morgan fingerprint density at radius 2 is 1.30 bits per heavy atom. The molecule has 1 N–H and O–H groups in total. The van der Waals surface area contributed by atoms with Gasteiger partial charge >= 0.3 is 0 Å². The van der Waals surface area contributed by atoms with Gasteiger partial charge in [-0.05, 0) is 5.56 Å². The molecule has 0 radical (unpaired) electrons. The van der Waals surface area contributed by atoms with Gasteiger partial charge in [0.1, 0.15) is 21.3 Å². The summed E-state index contributed by atoms with van der Waals surface area (Å²) in [4.78, 5) is 15.3. The van der Waals surface area contributed by atoms with E-state index in [9.17, 15) is 0 Å². The Kier molecular flexibility index (Phi) is 7.00. The molecule has 1 aromatic carbocycles. The Labute approximate surface area is 148 Å². The third kappa shape index (κ3) is 6.78. The minimum absolute atomic E-state index is 0.317. The highest BCUT2D eigenvalue weighted by molar-refractivity contribution is 6.32. The molecule has 0 bridgehead atoms. The molecule has 0 spiro atoms. The molecule has 3 aromatic rings. The lowest BCUT2D eigenvalue weighted by Gasteiger charge is -2.04. The van der Waals surface area contributed by atoms with Crippen LogP contribution in [0, 0.1) is 0 Å². The van der Waals surface area contributed by atoms with E-state index in [4.69, 9.17) is 34.8 Å². The summed E-state index contributed by atoms with van der Waals surface area (Å²) in [5, 5.41) is 4.17. The summed E-state index contributed by atoms with van der Waals surface area (Å²) in [6, 6.07) is 10.1. The number of nitrogens with one attached hydrogen (secondary N) is 1. The molecular weight excluding hydrogens is 357 g/mol. The van der Waals surface area contributed by atoms with E-state index in [-0.39, 0.29) is 0 Å². The second-order valence-corrected chi connectivity index (χ2v) is 5.39. The molecule has 5 nitrogen and oxygen atoms in total.